The molecule has 0 aliphatic rings. The smallest absolute Gasteiger partial charge is 0.348 e. The van der Waals surface area contributed by atoms with Gasteiger partial charge in [0.2, 0.25) is 0 Å². The van der Waals surface area contributed by atoms with E-state index in [-0.39, 0.29) is 5.69 Å². The molecule has 3 aromatic rings. The van der Waals surface area contributed by atoms with Gasteiger partial charge in [0, 0.05) is 25.0 Å². The highest BCUT2D eigenvalue weighted by atomic mass is 16.1. The highest BCUT2D eigenvalue weighted by Gasteiger charge is 2.01. The van der Waals surface area contributed by atoms with Crippen molar-refractivity contribution in [1.29, 1.82) is 0 Å². The average molecular weight is 242 g/mol. The second-order valence-corrected chi connectivity index (χ2v) is 3.74. The van der Waals surface area contributed by atoms with Gasteiger partial charge in [0.05, 0.1) is 0 Å². The van der Waals surface area contributed by atoms with Crippen molar-refractivity contribution in [2.75, 3.05) is 5.32 Å². The van der Waals surface area contributed by atoms with Crippen LogP contribution in [0.5, 0.6) is 0 Å². The van der Waals surface area contributed by atoms with E-state index >= 15 is 0 Å². The van der Waals surface area contributed by atoms with Crippen molar-refractivity contribution in [3.8, 4) is 0 Å². The molecule has 0 fully saturated rings. The largest absolute Gasteiger partial charge is 0.366 e. The molecular weight excluding hydrogens is 232 g/mol. The van der Waals surface area contributed by atoms with Gasteiger partial charge in [0.1, 0.15) is 12.1 Å². The zero-order chi connectivity index (χ0) is 12.4. The Bertz CT molecular complexity index is 717. The maximum atomic E-state index is 11.2. The van der Waals surface area contributed by atoms with Crippen LogP contribution in [-0.2, 0) is 6.54 Å². The Kier molecular flexibility index (Phi) is 2.49. The van der Waals surface area contributed by atoms with E-state index in [2.05, 4.69) is 25.5 Å². The Balaban J connectivity index is 1.81. The first-order valence-electron chi connectivity index (χ1n) is 5.38. The lowest BCUT2D eigenvalue weighted by Crippen LogP contribution is -2.10. The summed E-state index contributed by atoms with van der Waals surface area (Å²) in [5.41, 5.74) is 1.34. The summed E-state index contributed by atoms with van der Waals surface area (Å²) >= 11 is 0. The molecule has 0 radical (unpaired) electrons. The zero-order valence-electron chi connectivity index (χ0n) is 9.37. The van der Waals surface area contributed by atoms with Crippen LogP contribution in [0.15, 0.2) is 41.7 Å². The molecule has 3 heterocycles. The number of anilines is 1. The van der Waals surface area contributed by atoms with Gasteiger partial charge in [0.25, 0.3) is 0 Å². The number of H-pyrrole nitrogens is 1. The van der Waals surface area contributed by atoms with Crippen LogP contribution in [0.25, 0.3) is 5.65 Å². The van der Waals surface area contributed by atoms with E-state index in [1.54, 1.807) is 18.5 Å². The van der Waals surface area contributed by atoms with Crippen LogP contribution in [-0.4, -0.2) is 24.6 Å². The first-order chi connectivity index (χ1) is 8.83. The van der Waals surface area contributed by atoms with Crippen LogP contribution in [0.3, 0.4) is 0 Å². The summed E-state index contributed by atoms with van der Waals surface area (Å²) in [4.78, 5) is 19.3. The first kappa shape index (κ1) is 10.5. The second-order valence-electron chi connectivity index (χ2n) is 3.74. The summed E-state index contributed by atoms with van der Waals surface area (Å²) in [5, 5.41) is 9.38. The topological polar surface area (TPSA) is 88.0 Å². The molecule has 0 amide bonds. The summed E-state index contributed by atoms with van der Waals surface area (Å²) in [6, 6.07) is 5.55. The number of aromatic amines is 1. The van der Waals surface area contributed by atoms with Crippen molar-refractivity contribution in [2.24, 2.45) is 0 Å². The number of nitrogens with zero attached hydrogens (tertiary/aromatic N) is 4. The molecule has 3 rings (SSSR count). The zero-order valence-corrected chi connectivity index (χ0v) is 9.37. The molecule has 0 aliphatic carbocycles. The molecule has 90 valence electrons. The minimum absolute atomic E-state index is 0.293. The molecule has 0 saturated carbocycles. The minimum atomic E-state index is -0.293. The van der Waals surface area contributed by atoms with E-state index in [0.717, 1.165) is 5.56 Å². The van der Waals surface area contributed by atoms with Crippen molar-refractivity contribution in [3.63, 3.8) is 0 Å². The van der Waals surface area contributed by atoms with Gasteiger partial charge in [-0.3, -0.25) is 4.98 Å². The van der Waals surface area contributed by atoms with E-state index in [9.17, 15) is 4.79 Å². The van der Waals surface area contributed by atoms with Gasteiger partial charge in [0.15, 0.2) is 5.65 Å². The van der Waals surface area contributed by atoms with Gasteiger partial charge in [-0.25, -0.2) is 19.3 Å². The van der Waals surface area contributed by atoms with E-state index in [1.165, 1.54) is 10.7 Å². The lowest BCUT2D eigenvalue weighted by molar-refractivity contribution is 0.990. The molecular formula is C11H10N6O. The number of nitrogens with one attached hydrogen (secondary N) is 2. The predicted octanol–water partition coefficient (Wildman–Crippen LogP) is 0.425. The molecule has 7 heteroatoms. The quantitative estimate of drug-likeness (QED) is 0.695. The first-order valence-corrected chi connectivity index (χ1v) is 5.38. The average Bonchev–Trinajstić information content (AvgIpc) is 2.79. The Morgan fingerprint density at radius 1 is 1.33 bits per heavy atom. The standard InChI is InChI=1S/C11H10N6O/c18-11-16-15-10-5-9(14-7-17(10)11)13-6-8-1-3-12-4-2-8/h1-5,7,13H,6H2,(H,16,18). The minimum Gasteiger partial charge on any atom is -0.366 e. The Morgan fingerprint density at radius 3 is 3.00 bits per heavy atom. The molecule has 18 heavy (non-hydrogen) atoms. The number of pyridine rings is 1. The van der Waals surface area contributed by atoms with Gasteiger partial charge < -0.3 is 5.32 Å². The molecule has 0 aliphatic heterocycles. The highest BCUT2D eigenvalue weighted by Crippen LogP contribution is 2.06. The second kappa shape index (κ2) is 4.28. The normalized spacial score (nSPS) is 10.7. The monoisotopic (exact) mass is 242 g/mol. The molecule has 0 spiro atoms. The van der Waals surface area contributed by atoms with Gasteiger partial charge >= 0.3 is 5.69 Å². The third-order valence-electron chi connectivity index (χ3n) is 2.53. The fourth-order valence-corrected chi connectivity index (χ4v) is 1.60. The maximum absolute atomic E-state index is 11.2. The molecule has 3 aromatic heterocycles. The van der Waals surface area contributed by atoms with Crippen molar-refractivity contribution in [2.45, 2.75) is 6.54 Å². The van der Waals surface area contributed by atoms with Gasteiger partial charge in [-0.05, 0) is 17.7 Å². The van der Waals surface area contributed by atoms with Crippen LogP contribution in [0.2, 0.25) is 0 Å². The molecule has 0 aromatic carbocycles. The summed E-state index contributed by atoms with van der Waals surface area (Å²) in [6.07, 6.45) is 4.91. The van der Waals surface area contributed by atoms with Gasteiger partial charge in [-0.1, -0.05) is 0 Å². The van der Waals surface area contributed by atoms with E-state index < -0.39 is 0 Å². The molecule has 0 saturated heterocycles. The summed E-state index contributed by atoms with van der Waals surface area (Å²) < 4.78 is 1.34. The van der Waals surface area contributed by atoms with Crippen molar-refractivity contribution >= 4 is 11.5 Å². The molecule has 0 atom stereocenters. The Hall–Kier alpha value is -2.70. The third kappa shape index (κ3) is 1.93. The van der Waals surface area contributed by atoms with Crippen molar-refractivity contribution in [3.05, 3.63) is 53.0 Å². The number of fused-ring (bicyclic) bond motifs is 1. The van der Waals surface area contributed by atoms with Crippen LogP contribution < -0.4 is 11.0 Å². The van der Waals surface area contributed by atoms with Crippen molar-refractivity contribution in [1.82, 2.24) is 24.6 Å². The predicted molar refractivity (Wildman–Crippen MR) is 65.2 cm³/mol. The number of hydrogen-bond donors (Lipinski definition) is 2. The SMILES string of the molecule is O=c1[nH]nc2cc(NCc3ccncc3)ncn12. The van der Waals surface area contributed by atoms with E-state index in [0.29, 0.717) is 18.0 Å². The summed E-state index contributed by atoms with van der Waals surface area (Å²) in [5.74, 6) is 0.665. The van der Waals surface area contributed by atoms with Crippen LogP contribution in [0.1, 0.15) is 5.56 Å². The van der Waals surface area contributed by atoms with E-state index in [4.69, 9.17) is 0 Å². The van der Waals surface area contributed by atoms with Crippen LogP contribution >= 0.6 is 0 Å². The van der Waals surface area contributed by atoms with E-state index in [1.807, 2.05) is 12.1 Å². The van der Waals surface area contributed by atoms with Crippen molar-refractivity contribution < 1.29 is 0 Å². The fourth-order valence-electron chi connectivity index (χ4n) is 1.60. The summed E-state index contributed by atoms with van der Waals surface area (Å²) in [7, 11) is 0. The van der Waals surface area contributed by atoms with Gasteiger partial charge in [-0.15, -0.1) is 0 Å². The molecule has 0 bridgehead atoms. The highest BCUT2D eigenvalue weighted by molar-refractivity contribution is 5.48. The fraction of sp³-hybridized carbons (Fsp3) is 0.0909. The van der Waals surface area contributed by atoms with Gasteiger partial charge in [-0.2, -0.15) is 5.10 Å². The van der Waals surface area contributed by atoms with Crippen LogP contribution in [0, 0.1) is 0 Å². The molecule has 2 N–H and O–H groups in total. The lowest BCUT2D eigenvalue weighted by Gasteiger charge is -2.04. The summed E-state index contributed by atoms with van der Waals surface area (Å²) in [6.45, 7) is 0.639. The molecule has 7 nitrogen and oxygen atoms in total. The maximum Gasteiger partial charge on any atom is 0.348 e. The Morgan fingerprint density at radius 2 is 2.17 bits per heavy atom. The lowest BCUT2D eigenvalue weighted by atomic mass is 10.3. The number of hydrogen-bond acceptors (Lipinski definition) is 5. The number of rotatable bonds is 3. The molecule has 0 unspecified atom stereocenters. The number of aromatic nitrogens is 5. The van der Waals surface area contributed by atoms with Crippen LogP contribution in [0.4, 0.5) is 5.82 Å². The third-order valence-corrected chi connectivity index (χ3v) is 2.53. The Labute approximate surface area is 102 Å².